The average Bonchev–Trinajstić information content (AvgIpc) is 2.32. The molecule has 2 rings (SSSR count). The predicted octanol–water partition coefficient (Wildman–Crippen LogP) is 2.74. The molecule has 2 N–H and O–H groups in total. The van der Waals surface area contributed by atoms with E-state index in [1.54, 1.807) is 42.6 Å². The number of hydrogen-bond acceptors (Lipinski definition) is 3. The Hall–Kier alpha value is -1.87. The molecule has 1 heterocycles. The number of hydrogen-bond donors (Lipinski definition) is 1. The number of rotatable bonds is 3. The molecule has 0 aliphatic rings. The first-order chi connectivity index (χ1) is 8.16. The molecule has 0 radical (unpaired) electrons. The summed E-state index contributed by atoms with van der Waals surface area (Å²) in [7, 11) is 0. The molecular formula is C13H11ClN2O. The molecular weight excluding hydrogens is 236 g/mol. The molecule has 0 spiro atoms. The zero-order valence-corrected chi connectivity index (χ0v) is 9.82. The van der Waals surface area contributed by atoms with E-state index in [0.717, 1.165) is 5.56 Å². The lowest BCUT2D eigenvalue weighted by Crippen LogP contribution is -2.06. The highest BCUT2D eigenvalue weighted by molar-refractivity contribution is 6.31. The van der Waals surface area contributed by atoms with Gasteiger partial charge in [-0.15, -0.1) is 0 Å². The average molecular weight is 247 g/mol. The number of carbonyl (C=O) groups excluding carboxylic acids is 1. The number of aromatic nitrogens is 1. The van der Waals surface area contributed by atoms with Gasteiger partial charge < -0.3 is 5.73 Å². The van der Waals surface area contributed by atoms with Gasteiger partial charge in [-0.05, 0) is 18.2 Å². The molecule has 3 nitrogen and oxygen atoms in total. The first-order valence-electron chi connectivity index (χ1n) is 5.15. The number of anilines is 1. The molecule has 0 aliphatic carbocycles. The van der Waals surface area contributed by atoms with Crippen molar-refractivity contribution in [2.75, 3.05) is 5.73 Å². The third-order valence-electron chi connectivity index (χ3n) is 2.42. The number of pyridine rings is 1. The first-order valence-corrected chi connectivity index (χ1v) is 5.53. The summed E-state index contributed by atoms with van der Waals surface area (Å²) in [5.74, 6) is 0.370. The number of nitrogens with zero attached hydrogens (tertiary/aromatic N) is 1. The molecule has 2 aromatic rings. The highest BCUT2D eigenvalue weighted by Gasteiger charge is 2.09. The van der Waals surface area contributed by atoms with Crippen LogP contribution in [0.2, 0.25) is 5.02 Å². The Labute approximate surface area is 104 Å². The molecule has 86 valence electrons. The number of benzene rings is 1. The molecule has 0 saturated carbocycles. The molecule has 0 fully saturated rings. The minimum Gasteiger partial charge on any atom is -0.383 e. The third kappa shape index (κ3) is 2.82. The van der Waals surface area contributed by atoms with Gasteiger partial charge in [-0.2, -0.15) is 0 Å². The van der Waals surface area contributed by atoms with Gasteiger partial charge in [0.1, 0.15) is 5.82 Å². The normalized spacial score (nSPS) is 10.2. The van der Waals surface area contributed by atoms with Crippen LogP contribution in [0.25, 0.3) is 0 Å². The highest BCUT2D eigenvalue weighted by Crippen LogP contribution is 2.15. The Kier molecular flexibility index (Phi) is 3.40. The largest absolute Gasteiger partial charge is 0.383 e. The smallest absolute Gasteiger partial charge is 0.167 e. The van der Waals surface area contributed by atoms with Gasteiger partial charge in [0.2, 0.25) is 0 Å². The summed E-state index contributed by atoms with van der Waals surface area (Å²) in [6, 6.07) is 10.4. The van der Waals surface area contributed by atoms with Gasteiger partial charge in [0, 0.05) is 28.8 Å². The molecule has 1 aromatic heterocycles. The Balaban J connectivity index is 2.20. The van der Waals surface area contributed by atoms with E-state index < -0.39 is 0 Å². The van der Waals surface area contributed by atoms with Crippen molar-refractivity contribution in [1.29, 1.82) is 0 Å². The van der Waals surface area contributed by atoms with E-state index in [9.17, 15) is 4.79 Å². The van der Waals surface area contributed by atoms with Gasteiger partial charge in [0.15, 0.2) is 5.78 Å². The minimum atomic E-state index is -0.0211. The summed E-state index contributed by atoms with van der Waals surface area (Å²) in [6.45, 7) is 0. The van der Waals surface area contributed by atoms with E-state index in [1.165, 1.54) is 0 Å². The summed E-state index contributed by atoms with van der Waals surface area (Å²) in [5, 5.41) is 0.551. The summed E-state index contributed by atoms with van der Waals surface area (Å²) in [6.07, 6.45) is 1.84. The van der Waals surface area contributed by atoms with E-state index in [4.69, 9.17) is 17.3 Å². The maximum Gasteiger partial charge on any atom is 0.167 e. The quantitative estimate of drug-likeness (QED) is 0.848. The fourth-order valence-corrected chi connectivity index (χ4v) is 1.73. The van der Waals surface area contributed by atoms with Crippen molar-refractivity contribution in [3.05, 3.63) is 58.7 Å². The topological polar surface area (TPSA) is 56.0 Å². The fraction of sp³-hybridized carbons (Fsp3) is 0.0769. The van der Waals surface area contributed by atoms with E-state index in [-0.39, 0.29) is 12.2 Å². The van der Waals surface area contributed by atoms with Crippen LogP contribution in [0.4, 0.5) is 5.82 Å². The maximum atomic E-state index is 12.0. The lowest BCUT2D eigenvalue weighted by atomic mass is 10.0. The molecule has 4 heteroatoms. The standard InChI is InChI=1S/C13H11ClN2O/c14-11-5-1-3-9(7-11)12(17)8-10-4-2-6-16-13(10)15/h1-7H,8H2,(H2,15,16). The predicted molar refractivity (Wildman–Crippen MR) is 68.1 cm³/mol. The Bertz CT molecular complexity index is 555. The van der Waals surface area contributed by atoms with Crippen molar-refractivity contribution in [2.45, 2.75) is 6.42 Å². The van der Waals surface area contributed by atoms with Crippen LogP contribution in [-0.2, 0) is 6.42 Å². The summed E-state index contributed by atoms with van der Waals surface area (Å²) < 4.78 is 0. The van der Waals surface area contributed by atoms with E-state index in [2.05, 4.69) is 4.98 Å². The lowest BCUT2D eigenvalue weighted by molar-refractivity contribution is 0.0993. The summed E-state index contributed by atoms with van der Waals surface area (Å²) in [5.41, 5.74) is 7.01. The minimum absolute atomic E-state index is 0.0211. The Morgan fingerprint density at radius 1 is 1.29 bits per heavy atom. The molecule has 1 aromatic carbocycles. The summed E-state index contributed by atoms with van der Waals surface area (Å²) >= 11 is 5.83. The number of Topliss-reactive ketones (excluding diaryl/α,β-unsaturated/α-hetero) is 1. The monoisotopic (exact) mass is 246 g/mol. The van der Waals surface area contributed by atoms with Gasteiger partial charge >= 0.3 is 0 Å². The van der Waals surface area contributed by atoms with Crippen LogP contribution >= 0.6 is 11.6 Å². The third-order valence-corrected chi connectivity index (χ3v) is 2.66. The molecule has 17 heavy (non-hydrogen) atoms. The van der Waals surface area contributed by atoms with Crippen molar-refractivity contribution >= 4 is 23.2 Å². The second-order valence-corrected chi connectivity index (χ2v) is 4.09. The van der Waals surface area contributed by atoms with Gasteiger partial charge in [0.05, 0.1) is 0 Å². The molecule has 0 aliphatic heterocycles. The van der Waals surface area contributed by atoms with Gasteiger partial charge in [0.25, 0.3) is 0 Å². The van der Waals surface area contributed by atoms with Crippen LogP contribution in [0.3, 0.4) is 0 Å². The van der Waals surface area contributed by atoms with E-state index in [0.29, 0.717) is 16.4 Å². The van der Waals surface area contributed by atoms with Crippen molar-refractivity contribution in [1.82, 2.24) is 4.98 Å². The van der Waals surface area contributed by atoms with Crippen molar-refractivity contribution in [3.63, 3.8) is 0 Å². The molecule has 0 amide bonds. The molecule has 0 saturated heterocycles. The number of halogens is 1. The maximum absolute atomic E-state index is 12.0. The van der Waals surface area contributed by atoms with Crippen LogP contribution < -0.4 is 5.73 Å². The van der Waals surface area contributed by atoms with Crippen LogP contribution in [0, 0.1) is 0 Å². The first kappa shape index (κ1) is 11.6. The van der Waals surface area contributed by atoms with Crippen LogP contribution in [0.5, 0.6) is 0 Å². The zero-order chi connectivity index (χ0) is 12.3. The zero-order valence-electron chi connectivity index (χ0n) is 9.06. The van der Waals surface area contributed by atoms with Crippen LogP contribution in [0.1, 0.15) is 15.9 Å². The van der Waals surface area contributed by atoms with Gasteiger partial charge in [-0.1, -0.05) is 29.8 Å². The Morgan fingerprint density at radius 2 is 2.12 bits per heavy atom. The Morgan fingerprint density at radius 3 is 2.82 bits per heavy atom. The number of nitrogens with two attached hydrogens (primary N) is 1. The van der Waals surface area contributed by atoms with E-state index in [1.807, 2.05) is 0 Å². The highest BCUT2D eigenvalue weighted by atomic mass is 35.5. The van der Waals surface area contributed by atoms with Gasteiger partial charge in [-0.25, -0.2) is 4.98 Å². The van der Waals surface area contributed by atoms with Crippen molar-refractivity contribution < 1.29 is 4.79 Å². The van der Waals surface area contributed by atoms with Crippen LogP contribution in [0.15, 0.2) is 42.6 Å². The fourth-order valence-electron chi connectivity index (χ4n) is 1.54. The van der Waals surface area contributed by atoms with Crippen molar-refractivity contribution in [3.8, 4) is 0 Å². The SMILES string of the molecule is Nc1ncccc1CC(=O)c1cccc(Cl)c1. The van der Waals surface area contributed by atoms with Crippen molar-refractivity contribution in [2.24, 2.45) is 0 Å². The molecule has 0 unspecified atom stereocenters. The van der Waals surface area contributed by atoms with E-state index >= 15 is 0 Å². The second-order valence-electron chi connectivity index (χ2n) is 3.66. The lowest BCUT2D eigenvalue weighted by Gasteiger charge is -2.04. The molecule has 0 bridgehead atoms. The number of ketones is 1. The number of nitrogen functional groups attached to an aromatic ring is 1. The summed E-state index contributed by atoms with van der Waals surface area (Å²) in [4.78, 5) is 15.9. The van der Waals surface area contributed by atoms with Gasteiger partial charge in [-0.3, -0.25) is 4.79 Å². The van der Waals surface area contributed by atoms with Crippen LogP contribution in [-0.4, -0.2) is 10.8 Å². The second kappa shape index (κ2) is 4.97. The molecule has 0 atom stereocenters. The number of carbonyl (C=O) groups is 1.